The van der Waals surface area contributed by atoms with Crippen LogP contribution in [0.3, 0.4) is 0 Å². The molecule has 0 aromatic heterocycles. The third-order valence-electron chi connectivity index (χ3n) is 4.74. The molecule has 0 atom stereocenters. The minimum absolute atomic E-state index is 0.00621. The van der Waals surface area contributed by atoms with Gasteiger partial charge in [-0.2, -0.15) is 0 Å². The van der Waals surface area contributed by atoms with Gasteiger partial charge in [-0.25, -0.2) is 0 Å². The van der Waals surface area contributed by atoms with Crippen molar-refractivity contribution in [1.82, 2.24) is 10.2 Å². The molecular formula is C18H26N2O4. The van der Waals surface area contributed by atoms with Gasteiger partial charge in [-0.3, -0.25) is 14.5 Å². The predicted molar refractivity (Wildman–Crippen MR) is 90.2 cm³/mol. The number of nitrogens with zero attached hydrogens (tertiary/aromatic N) is 1. The number of carboxylic acid groups (broad SMARTS) is 1. The first-order valence-electron chi connectivity index (χ1n) is 8.37. The fraction of sp³-hybridized carbons (Fsp3) is 0.556. The number of carbonyl (C=O) groups is 2. The molecule has 1 saturated carbocycles. The molecule has 6 nitrogen and oxygen atoms in total. The zero-order valence-corrected chi connectivity index (χ0v) is 13.9. The zero-order valence-electron chi connectivity index (χ0n) is 13.9. The van der Waals surface area contributed by atoms with Gasteiger partial charge >= 0.3 is 0 Å². The van der Waals surface area contributed by atoms with Crippen LogP contribution >= 0.6 is 0 Å². The van der Waals surface area contributed by atoms with Crippen LogP contribution in [0.2, 0.25) is 0 Å². The highest BCUT2D eigenvalue weighted by molar-refractivity contribution is 5.75. The van der Waals surface area contributed by atoms with E-state index in [2.05, 4.69) is 34.5 Å². The van der Waals surface area contributed by atoms with Crippen molar-refractivity contribution in [3.8, 4) is 0 Å². The quantitative estimate of drug-likeness (QED) is 0.655. The van der Waals surface area contributed by atoms with Crippen molar-refractivity contribution in [2.45, 2.75) is 38.8 Å². The van der Waals surface area contributed by atoms with E-state index in [0.29, 0.717) is 13.0 Å². The fourth-order valence-electron chi connectivity index (χ4n) is 2.97. The number of benzene rings is 1. The average Bonchev–Trinajstić information content (AvgIpc) is 3.25. The summed E-state index contributed by atoms with van der Waals surface area (Å²) in [6, 6.07) is 8.55. The summed E-state index contributed by atoms with van der Waals surface area (Å²) in [5.41, 5.74) is 2.84. The van der Waals surface area contributed by atoms with Gasteiger partial charge in [0, 0.05) is 31.5 Å². The second kappa shape index (κ2) is 8.80. The number of aliphatic hydroxyl groups excluding tert-OH is 1. The van der Waals surface area contributed by atoms with Gasteiger partial charge in [-0.15, -0.1) is 0 Å². The number of fused-ring (bicyclic) bond motifs is 1. The van der Waals surface area contributed by atoms with E-state index in [9.17, 15) is 9.90 Å². The van der Waals surface area contributed by atoms with Crippen molar-refractivity contribution in [1.29, 1.82) is 0 Å². The van der Waals surface area contributed by atoms with E-state index in [-0.39, 0.29) is 24.4 Å². The van der Waals surface area contributed by atoms with Crippen LogP contribution in [0.5, 0.6) is 0 Å². The third-order valence-corrected chi connectivity index (χ3v) is 4.74. The van der Waals surface area contributed by atoms with Crippen molar-refractivity contribution in [3.63, 3.8) is 0 Å². The lowest BCUT2D eigenvalue weighted by molar-refractivity contribution is -0.123. The van der Waals surface area contributed by atoms with E-state index < -0.39 is 0 Å². The second-order valence-corrected chi connectivity index (χ2v) is 6.62. The molecule has 0 saturated heterocycles. The number of aliphatic hydroxyl groups is 1. The summed E-state index contributed by atoms with van der Waals surface area (Å²) in [7, 11) is 0. The predicted octanol–water partition coefficient (Wildman–Crippen LogP) is 1.37. The van der Waals surface area contributed by atoms with Gasteiger partial charge in [0.1, 0.15) is 0 Å². The van der Waals surface area contributed by atoms with Gasteiger partial charge in [0.25, 0.3) is 6.47 Å². The Balaban J connectivity index is 0.000000647. The monoisotopic (exact) mass is 334 g/mol. The number of nitrogens with one attached hydrogen (secondary N) is 1. The maximum absolute atomic E-state index is 11.8. The number of rotatable bonds is 7. The molecule has 24 heavy (non-hydrogen) atoms. The van der Waals surface area contributed by atoms with E-state index in [1.54, 1.807) is 0 Å². The maximum atomic E-state index is 11.8. The molecule has 0 radical (unpaired) electrons. The molecule has 1 amide bonds. The van der Waals surface area contributed by atoms with Gasteiger partial charge in [-0.05, 0) is 36.9 Å². The molecule has 0 spiro atoms. The normalized spacial score (nSPS) is 17.4. The van der Waals surface area contributed by atoms with Gasteiger partial charge in [0.05, 0.1) is 6.61 Å². The second-order valence-electron chi connectivity index (χ2n) is 6.62. The maximum Gasteiger partial charge on any atom is 0.290 e. The summed E-state index contributed by atoms with van der Waals surface area (Å²) < 4.78 is 0. The number of hydrogen-bond acceptors (Lipinski definition) is 4. The van der Waals surface area contributed by atoms with E-state index >= 15 is 0 Å². The van der Waals surface area contributed by atoms with Crippen molar-refractivity contribution in [3.05, 3.63) is 35.4 Å². The Morgan fingerprint density at radius 1 is 1.25 bits per heavy atom. The van der Waals surface area contributed by atoms with Crippen LogP contribution in [0.15, 0.2) is 24.3 Å². The molecule has 2 aliphatic rings. The first-order chi connectivity index (χ1) is 11.6. The van der Waals surface area contributed by atoms with Gasteiger partial charge in [-0.1, -0.05) is 24.3 Å². The zero-order chi connectivity index (χ0) is 17.4. The Kier molecular flexibility index (Phi) is 6.75. The Morgan fingerprint density at radius 3 is 2.33 bits per heavy atom. The van der Waals surface area contributed by atoms with Crippen LogP contribution < -0.4 is 5.32 Å². The van der Waals surface area contributed by atoms with E-state index in [4.69, 9.17) is 9.90 Å². The first kappa shape index (κ1) is 18.4. The van der Waals surface area contributed by atoms with E-state index in [1.807, 2.05) is 0 Å². The van der Waals surface area contributed by atoms with Crippen LogP contribution in [0.1, 0.15) is 36.8 Å². The van der Waals surface area contributed by atoms with Crippen LogP contribution in [-0.4, -0.2) is 47.2 Å². The highest BCUT2D eigenvalue weighted by Crippen LogP contribution is 2.44. The summed E-state index contributed by atoms with van der Waals surface area (Å²) in [5, 5.41) is 19.1. The summed E-state index contributed by atoms with van der Waals surface area (Å²) in [6.07, 6.45) is 3.55. The molecule has 1 heterocycles. The minimum Gasteiger partial charge on any atom is -0.483 e. The largest absolute Gasteiger partial charge is 0.483 e. The SMILES string of the molecule is O=C(CCCN1Cc2ccccc2C1)NCC1(CO)CC1.O=CO. The molecule has 1 aromatic carbocycles. The smallest absolute Gasteiger partial charge is 0.290 e. The standard InChI is InChI=1S/C17H24N2O2.CH2O2/c20-13-17(7-8-17)12-18-16(21)6-3-9-19-10-14-4-1-2-5-15(14)11-19;2-1-3/h1-2,4-5,20H,3,6-13H2,(H,18,21);1H,(H,2,3). The summed E-state index contributed by atoms with van der Waals surface area (Å²) in [4.78, 5) is 22.6. The van der Waals surface area contributed by atoms with Crippen molar-refractivity contribution in [2.75, 3.05) is 19.7 Å². The molecule has 1 aliphatic heterocycles. The molecule has 1 fully saturated rings. The number of amides is 1. The summed E-state index contributed by atoms with van der Waals surface area (Å²) >= 11 is 0. The Bertz CT molecular complexity index is 533. The van der Waals surface area contributed by atoms with Crippen molar-refractivity contribution < 1.29 is 19.8 Å². The molecule has 6 heteroatoms. The molecule has 3 N–H and O–H groups in total. The molecule has 0 unspecified atom stereocenters. The molecular weight excluding hydrogens is 308 g/mol. The van der Waals surface area contributed by atoms with Gasteiger partial charge in [0.2, 0.25) is 5.91 Å². The Morgan fingerprint density at radius 2 is 1.83 bits per heavy atom. The highest BCUT2D eigenvalue weighted by atomic mass is 16.3. The van der Waals surface area contributed by atoms with Crippen molar-refractivity contribution >= 4 is 12.4 Å². The van der Waals surface area contributed by atoms with E-state index in [0.717, 1.165) is 38.9 Å². The topological polar surface area (TPSA) is 89.9 Å². The lowest BCUT2D eigenvalue weighted by Gasteiger charge is -2.15. The number of carbonyl (C=O) groups excluding carboxylic acids is 1. The Labute approximate surface area is 142 Å². The van der Waals surface area contributed by atoms with Crippen LogP contribution in [0.4, 0.5) is 0 Å². The van der Waals surface area contributed by atoms with Crippen LogP contribution in [0, 0.1) is 5.41 Å². The molecule has 1 aliphatic carbocycles. The minimum atomic E-state index is -0.250. The fourth-order valence-corrected chi connectivity index (χ4v) is 2.97. The third kappa shape index (κ3) is 5.32. The lowest BCUT2D eigenvalue weighted by atomic mass is 10.1. The van der Waals surface area contributed by atoms with Crippen molar-refractivity contribution in [2.24, 2.45) is 5.41 Å². The Hall–Kier alpha value is -1.92. The number of hydrogen-bond donors (Lipinski definition) is 3. The average molecular weight is 334 g/mol. The molecule has 1 aromatic rings. The molecule has 3 rings (SSSR count). The van der Waals surface area contributed by atoms with Crippen LogP contribution in [-0.2, 0) is 22.7 Å². The first-order valence-corrected chi connectivity index (χ1v) is 8.37. The van der Waals surface area contributed by atoms with E-state index in [1.165, 1.54) is 11.1 Å². The summed E-state index contributed by atoms with van der Waals surface area (Å²) in [6.45, 7) is 3.56. The van der Waals surface area contributed by atoms with Gasteiger partial charge < -0.3 is 15.5 Å². The molecule has 0 bridgehead atoms. The lowest BCUT2D eigenvalue weighted by Crippen LogP contribution is -2.32. The molecule has 132 valence electrons. The van der Waals surface area contributed by atoms with Gasteiger partial charge in [0.15, 0.2) is 0 Å². The summed E-state index contributed by atoms with van der Waals surface area (Å²) in [5.74, 6) is 0.117. The highest BCUT2D eigenvalue weighted by Gasteiger charge is 2.41. The van der Waals surface area contributed by atoms with Crippen LogP contribution in [0.25, 0.3) is 0 Å².